The molecule has 0 aromatic heterocycles. The molecule has 0 aliphatic carbocycles. The van der Waals surface area contributed by atoms with E-state index in [1.807, 2.05) is 32.9 Å². The second-order valence-corrected chi connectivity index (χ2v) is 8.07. The average molecular weight is 384 g/mol. The Bertz CT molecular complexity index is 685. The first kappa shape index (κ1) is 20.6. The summed E-state index contributed by atoms with van der Waals surface area (Å²) in [5, 5.41) is 0.791. The number of hydrogen-bond acceptors (Lipinski definition) is 3. The van der Waals surface area contributed by atoms with E-state index in [0.29, 0.717) is 30.9 Å². The Morgan fingerprint density at radius 3 is 1.77 bits per heavy atom. The highest BCUT2D eigenvalue weighted by Gasteiger charge is 2.43. The Kier molecular flexibility index (Phi) is 6.99. The molecule has 0 saturated heterocycles. The van der Waals surface area contributed by atoms with Gasteiger partial charge in [-0.2, -0.15) is 13.2 Å². The second kappa shape index (κ2) is 8.81. The highest BCUT2D eigenvalue weighted by Crippen LogP contribution is 2.32. The van der Waals surface area contributed by atoms with Gasteiger partial charge in [-0.05, 0) is 44.0 Å². The van der Waals surface area contributed by atoms with E-state index in [1.54, 1.807) is 18.2 Å². The molecule has 2 aromatic rings. The lowest BCUT2D eigenvalue weighted by Gasteiger charge is -2.28. The first-order chi connectivity index (χ1) is 12.4. The van der Waals surface area contributed by atoms with Crippen LogP contribution in [0.4, 0.5) is 13.2 Å². The summed E-state index contributed by atoms with van der Waals surface area (Å²) in [5.41, 5.74) is 0.524. The van der Waals surface area contributed by atoms with E-state index in [1.165, 1.54) is 6.07 Å². The number of benzene rings is 2. The van der Waals surface area contributed by atoms with Crippen molar-refractivity contribution in [3.63, 3.8) is 0 Å². The SMILES string of the molecule is CCO[Si](OCC)(OCC)c1ccc(-c2cccc(C(F)(F)F)c2)cc1. The van der Waals surface area contributed by atoms with Gasteiger partial charge in [0.15, 0.2) is 0 Å². The third-order valence-electron chi connectivity index (χ3n) is 3.76. The van der Waals surface area contributed by atoms with Crippen molar-refractivity contribution in [3.05, 3.63) is 54.1 Å². The molecular weight excluding hydrogens is 361 g/mol. The quantitative estimate of drug-likeness (QED) is 0.621. The van der Waals surface area contributed by atoms with Crippen LogP contribution in [0.25, 0.3) is 11.1 Å². The molecule has 0 bridgehead atoms. The van der Waals surface area contributed by atoms with Gasteiger partial charge in [0.1, 0.15) is 0 Å². The molecule has 2 rings (SSSR count). The fourth-order valence-corrected chi connectivity index (χ4v) is 5.15. The van der Waals surface area contributed by atoms with Crippen molar-refractivity contribution in [1.82, 2.24) is 0 Å². The van der Waals surface area contributed by atoms with Crippen molar-refractivity contribution in [2.45, 2.75) is 26.9 Å². The van der Waals surface area contributed by atoms with Crippen molar-refractivity contribution in [2.24, 2.45) is 0 Å². The van der Waals surface area contributed by atoms with Gasteiger partial charge in [0.05, 0.1) is 5.56 Å². The molecule has 3 nitrogen and oxygen atoms in total. The van der Waals surface area contributed by atoms with Crippen LogP contribution in [0, 0.1) is 0 Å². The monoisotopic (exact) mass is 384 g/mol. The Labute approximate surface area is 153 Å². The maximum atomic E-state index is 12.9. The molecule has 2 aromatic carbocycles. The number of hydrogen-bond donors (Lipinski definition) is 0. The van der Waals surface area contributed by atoms with Crippen LogP contribution < -0.4 is 5.19 Å². The van der Waals surface area contributed by atoms with Crippen LogP contribution in [-0.4, -0.2) is 28.6 Å². The number of halogens is 3. The molecule has 0 radical (unpaired) electrons. The Hall–Kier alpha value is -1.67. The van der Waals surface area contributed by atoms with Crippen LogP contribution in [0.5, 0.6) is 0 Å². The summed E-state index contributed by atoms with van der Waals surface area (Å²) in [5.74, 6) is 0. The maximum Gasteiger partial charge on any atom is 0.537 e. The molecule has 0 aliphatic rings. The predicted molar refractivity (Wildman–Crippen MR) is 97.1 cm³/mol. The van der Waals surface area contributed by atoms with Gasteiger partial charge in [-0.15, -0.1) is 0 Å². The van der Waals surface area contributed by atoms with Gasteiger partial charge in [0.25, 0.3) is 0 Å². The third-order valence-corrected chi connectivity index (χ3v) is 6.81. The van der Waals surface area contributed by atoms with E-state index in [-0.39, 0.29) is 0 Å². The first-order valence-electron chi connectivity index (χ1n) is 8.56. The Morgan fingerprint density at radius 1 is 0.769 bits per heavy atom. The minimum atomic E-state index is -4.36. The zero-order valence-electron chi connectivity index (χ0n) is 15.1. The fourth-order valence-electron chi connectivity index (χ4n) is 2.69. The Morgan fingerprint density at radius 2 is 1.31 bits per heavy atom. The van der Waals surface area contributed by atoms with Crippen molar-refractivity contribution < 1.29 is 26.4 Å². The predicted octanol–water partition coefficient (Wildman–Crippen LogP) is 4.63. The minimum absolute atomic E-state index is 0.446. The molecule has 0 saturated carbocycles. The van der Waals surface area contributed by atoms with Gasteiger partial charge in [-0.1, -0.05) is 36.4 Å². The summed E-state index contributed by atoms with van der Waals surface area (Å²) in [7, 11) is -3.02. The lowest BCUT2D eigenvalue weighted by atomic mass is 10.0. The molecular formula is C19H23F3O3Si. The van der Waals surface area contributed by atoms with Crippen molar-refractivity contribution in [1.29, 1.82) is 0 Å². The van der Waals surface area contributed by atoms with Crippen LogP contribution in [0.2, 0.25) is 0 Å². The molecule has 0 N–H and O–H groups in total. The van der Waals surface area contributed by atoms with Crippen LogP contribution in [0.15, 0.2) is 48.5 Å². The first-order valence-corrected chi connectivity index (χ1v) is 10.3. The van der Waals surface area contributed by atoms with E-state index in [0.717, 1.165) is 17.3 Å². The van der Waals surface area contributed by atoms with Crippen LogP contribution in [0.3, 0.4) is 0 Å². The second-order valence-electron chi connectivity index (χ2n) is 5.51. The van der Waals surface area contributed by atoms with Gasteiger partial charge in [-0.3, -0.25) is 0 Å². The zero-order chi connectivity index (χ0) is 19.2. The van der Waals surface area contributed by atoms with E-state index < -0.39 is 20.5 Å². The molecule has 0 fully saturated rings. The van der Waals surface area contributed by atoms with Crippen LogP contribution in [0.1, 0.15) is 26.3 Å². The van der Waals surface area contributed by atoms with Gasteiger partial charge < -0.3 is 13.3 Å². The fraction of sp³-hybridized carbons (Fsp3) is 0.368. The average Bonchev–Trinajstić information content (AvgIpc) is 2.62. The molecule has 0 atom stereocenters. The molecule has 0 amide bonds. The molecule has 0 aliphatic heterocycles. The molecule has 142 valence electrons. The normalized spacial score (nSPS) is 12.4. The van der Waals surface area contributed by atoms with Gasteiger partial charge in [0, 0.05) is 25.0 Å². The van der Waals surface area contributed by atoms with Crippen LogP contribution >= 0.6 is 0 Å². The topological polar surface area (TPSA) is 27.7 Å². The zero-order valence-corrected chi connectivity index (χ0v) is 16.1. The number of rotatable bonds is 8. The summed E-state index contributed by atoms with van der Waals surface area (Å²) >= 11 is 0. The van der Waals surface area contributed by atoms with Gasteiger partial charge in [-0.25, -0.2) is 0 Å². The smallest absolute Gasteiger partial charge is 0.370 e. The van der Waals surface area contributed by atoms with Crippen molar-refractivity contribution >= 4 is 14.0 Å². The summed E-state index contributed by atoms with van der Waals surface area (Å²) in [6, 6.07) is 12.4. The van der Waals surface area contributed by atoms with E-state index in [4.69, 9.17) is 13.3 Å². The highest BCUT2D eigenvalue weighted by atomic mass is 28.4. The third kappa shape index (κ3) is 4.73. The number of alkyl halides is 3. The van der Waals surface area contributed by atoms with Gasteiger partial charge >= 0.3 is 15.0 Å². The Balaban J connectivity index is 2.37. The maximum absolute atomic E-state index is 12.9. The highest BCUT2D eigenvalue weighted by molar-refractivity contribution is 6.75. The molecule has 7 heteroatoms. The van der Waals surface area contributed by atoms with E-state index in [2.05, 4.69) is 0 Å². The standard InChI is InChI=1S/C19H23F3O3Si/c1-4-23-26(24-5-2,25-6-3)18-12-10-15(11-13-18)16-8-7-9-17(14-16)19(20,21)22/h7-14H,4-6H2,1-3H3. The molecule has 0 spiro atoms. The summed E-state index contributed by atoms with van der Waals surface area (Å²) in [6.45, 7) is 6.95. The summed E-state index contributed by atoms with van der Waals surface area (Å²) < 4.78 is 56.3. The lowest BCUT2D eigenvalue weighted by Crippen LogP contribution is -2.56. The van der Waals surface area contributed by atoms with E-state index in [9.17, 15) is 13.2 Å². The summed E-state index contributed by atoms with van der Waals surface area (Å²) in [4.78, 5) is 0. The molecule has 0 heterocycles. The van der Waals surface area contributed by atoms with Crippen molar-refractivity contribution in [3.8, 4) is 11.1 Å². The van der Waals surface area contributed by atoms with Crippen molar-refractivity contribution in [2.75, 3.05) is 19.8 Å². The van der Waals surface area contributed by atoms with Gasteiger partial charge in [0.2, 0.25) is 0 Å². The van der Waals surface area contributed by atoms with E-state index >= 15 is 0 Å². The minimum Gasteiger partial charge on any atom is -0.370 e. The van der Waals surface area contributed by atoms with Crippen LogP contribution in [-0.2, 0) is 19.5 Å². The molecule has 0 unspecified atom stereocenters. The molecule has 26 heavy (non-hydrogen) atoms. The summed E-state index contributed by atoms with van der Waals surface area (Å²) in [6.07, 6.45) is -4.36. The lowest BCUT2D eigenvalue weighted by molar-refractivity contribution is -0.137. The largest absolute Gasteiger partial charge is 0.537 e.